The van der Waals surface area contributed by atoms with Gasteiger partial charge in [-0.25, -0.2) is 0 Å². The summed E-state index contributed by atoms with van der Waals surface area (Å²) in [7, 11) is 0. The molecule has 0 aliphatic heterocycles. The van der Waals surface area contributed by atoms with Gasteiger partial charge in [0.15, 0.2) is 0 Å². The maximum atomic E-state index is 9.87. The van der Waals surface area contributed by atoms with Gasteiger partial charge in [0.2, 0.25) is 0 Å². The molecule has 4 nitrogen and oxygen atoms in total. The molecule has 2 fully saturated rings. The molecule has 4 unspecified atom stereocenters. The summed E-state index contributed by atoms with van der Waals surface area (Å²) in [6.45, 7) is 1.74. The second-order valence-electron chi connectivity index (χ2n) is 7.20. The third kappa shape index (κ3) is 7.13. The van der Waals surface area contributed by atoms with E-state index in [1.54, 1.807) is 0 Å². The average molecular weight is 322 g/mol. The van der Waals surface area contributed by atoms with Crippen LogP contribution in [0.1, 0.15) is 70.6 Å². The Morgan fingerprint density at radius 3 is 1.52 bits per heavy atom. The van der Waals surface area contributed by atoms with Crippen LogP contribution in [0.4, 0.5) is 0 Å². The number of aliphatic imine (C=N–C) groups is 2. The fourth-order valence-corrected chi connectivity index (χ4v) is 3.63. The minimum absolute atomic E-state index is 0.169. The van der Waals surface area contributed by atoms with Gasteiger partial charge in [-0.1, -0.05) is 25.7 Å². The first-order valence-electron chi connectivity index (χ1n) is 9.63. The molecule has 2 aliphatic rings. The molecule has 0 aromatic rings. The predicted molar refractivity (Wildman–Crippen MR) is 96.5 cm³/mol. The number of aliphatic hydroxyl groups excluding tert-OH is 2. The summed E-state index contributed by atoms with van der Waals surface area (Å²) in [5.74, 6) is 0.575. The van der Waals surface area contributed by atoms with E-state index < -0.39 is 0 Å². The normalized spacial score (nSPS) is 32.8. The summed E-state index contributed by atoms with van der Waals surface area (Å²) in [5, 5.41) is 19.7. The van der Waals surface area contributed by atoms with Gasteiger partial charge in [0.1, 0.15) is 0 Å². The van der Waals surface area contributed by atoms with Crippen LogP contribution in [0, 0.1) is 11.8 Å². The fraction of sp³-hybridized carbons (Fsp3) is 0.895. The Hall–Kier alpha value is -0.740. The van der Waals surface area contributed by atoms with E-state index in [0.29, 0.717) is 0 Å². The van der Waals surface area contributed by atoms with Gasteiger partial charge in [-0.05, 0) is 44.9 Å². The lowest BCUT2D eigenvalue weighted by molar-refractivity contribution is 0.103. The Labute approximate surface area is 141 Å². The number of unbranched alkanes of at least 4 members (excludes halogenated alkanes) is 2. The summed E-state index contributed by atoms with van der Waals surface area (Å²) in [6.07, 6.45) is 15.8. The molecule has 0 radical (unpaired) electrons. The van der Waals surface area contributed by atoms with Crippen molar-refractivity contribution in [2.75, 3.05) is 13.1 Å². The molecule has 2 rings (SSSR count). The van der Waals surface area contributed by atoms with Gasteiger partial charge < -0.3 is 10.2 Å². The number of hydrogen-bond acceptors (Lipinski definition) is 4. The lowest BCUT2D eigenvalue weighted by Gasteiger charge is -2.24. The Morgan fingerprint density at radius 2 is 1.09 bits per heavy atom. The van der Waals surface area contributed by atoms with E-state index in [2.05, 4.69) is 9.98 Å². The summed E-state index contributed by atoms with van der Waals surface area (Å²) in [4.78, 5) is 8.98. The van der Waals surface area contributed by atoms with E-state index in [1.165, 1.54) is 12.8 Å². The molecule has 132 valence electrons. The maximum Gasteiger partial charge on any atom is 0.0617 e. The molecule has 4 atom stereocenters. The largest absolute Gasteiger partial charge is 0.392 e. The van der Waals surface area contributed by atoms with Crippen LogP contribution in [0.5, 0.6) is 0 Å². The summed E-state index contributed by atoms with van der Waals surface area (Å²) >= 11 is 0. The molecule has 2 aliphatic carbocycles. The van der Waals surface area contributed by atoms with Gasteiger partial charge in [-0.15, -0.1) is 0 Å². The Kier molecular flexibility index (Phi) is 8.83. The van der Waals surface area contributed by atoms with Crippen LogP contribution >= 0.6 is 0 Å². The summed E-state index contributed by atoms with van der Waals surface area (Å²) in [6, 6.07) is 0. The molecule has 0 saturated heterocycles. The van der Waals surface area contributed by atoms with Gasteiger partial charge in [-0.2, -0.15) is 0 Å². The number of rotatable bonds is 8. The van der Waals surface area contributed by atoms with E-state index in [0.717, 1.165) is 70.9 Å². The highest BCUT2D eigenvalue weighted by atomic mass is 16.3. The van der Waals surface area contributed by atoms with Crippen LogP contribution in [-0.2, 0) is 0 Å². The molecular weight excluding hydrogens is 288 g/mol. The highest BCUT2D eigenvalue weighted by Crippen LogP contribution is 2.23. The van der Waals surface area contributed by atoms with Crippen molar-refractivity contribution in [3.05, 3.63) is 0 Å². The maximum absolute atomic E-state index is 9.87. The highest BCUT2D eigenvalue weighted by Gasteiger charge is 2.21. The van der Waals surface area contributed by atoms with Crippen LogP contribution in [0.25, 0.3) is 0 Å². The predicted octanol–water partition coefficient (Wildman–Crippen LogP) is 3.40. The molecule has 0 aromatic carbocycles. The van der Waals surface area contributed by atoms with Crippen LogP contribution in [0.3, 0.4) is 0 Å². The topological polar surface area (TPSA) is 65.2 Å². The number of hydrogen-bond donors (Lipinski definition) is 2. The van der Waals surface area contributed by atoms with E-state index in [4.69, 9.17) is 0 Å². The minimum atomic E-state index is -0.169. The first kappa shape index (κ1) is 18.6. The number of nitrogens with zero attached hydrogens (tertiary/aromatic N) is 2. The van der Waals surface area contributed by atoms with E-state index in [9.17, 15) is 10.2 Å². The molecule has 0 heterocycles. The van der Waals surface area contributed by atoms with Crippen LogP contribution in [-0.4, -0.2) is 47.9 Å². The van der Waals surface area contributed by atoms with Crippen molar-refractivity contribution in [3.63, 3.8) is 0 Å². The molecule has 2 N–H and O–H groups in total. The fourth-order valence-electron chi connectivity index (χ4n) is 3.63. The molecule has 4 heteroatoms. The van der Waals surface area contributed by atoms with E-state index >= 15 is 0 Å². The van der Waals surface area contributed by atoms with Gasteiger partial charge in [0.05, 0.1) is 12.2 Å². The molecular formula is C19H34N2O2. The van der Waals surface area contributed by atoms with Crippen molar-refractivity contribution in [1.29, 1.82) is 0 Å². The molecule has 0 spiro atoms. The SMILES string of the molecule is OC1CCCCC1C=NCCCCCN=CC1CCCCC1O. The molecule has 2 saturated carbocycles. The third-order valence-electron chi connectivity index (χ3n) is 5.23. The quantitative estimate of drug-likeness (QED) is 0.531. The van der Waals surface area contributed by atoms with Crippen LogP contribution < -0.4 is 0 Å². The third-order valence-corrected chi connectivity index (χ3v) is 5.23. The Morgan fingerprint density at radius 1 is 0.652 bits per heavy atom. The van der Waals surface area contributed by atoms with Crippen molar-refractivity contribution < 1.29 is 10.2 Å². The minimum Gasteiger partial charge on any atom is -0.392 e. The first-order valence-corrected chi connectivity index (χ1v) is 9.63. The highest BCUT2D eigenvalue weighted by molar-refractivity contribution is 5.62. The molecule has 0 aromatic heterocycles. The standard InChI is InChI=1S/C19H34N2O2/c22-18-10-4-2-8-16(18)14-20-12-6-1-7-13-21-15-17-9-3-5-11-19(17)23/h14-19,22-23H,1-13H2. The monoisotopic (exact) mass is 322 g/mol. The van der Waals surface area contributed by atoms with Crippen LogP contribution in [0.15, 0.2) is 9.98 Å². The van der Waals surface area contributed by atoms with Gasteiger partial charge >= 0.3 is 0 Å². The van der Waals surface area contributed by atoms with Crippen molar-refractivity contribution in [2.45, 2.75) is 82.8 Å². The Bertz CT molecular complexity index is 336. The molecule has 23 heavy (non-hydrogen) atoms. The summed E-state index contributed by atoms with van der Waals surface area (Å²) < 4.78 is 0. The van der Waals surface area contributed by atoms with Gasteiger partial charge in [0, 0.05) is 37.4 Å². The van der Waals surface area contributed by atoms with Crippen molar-refractivity contribution in [2.24, 2.45) is 21.8 Å². The Balaban J connectivity index is 1.47. The van der Waals surface area contributed by atoms with E-state index in [-0.39, 0.29) is 24.0 Å². The van der Waals surface area contributed by atoms with Crippen molar-refractivity contribution in [1.82, 2.24) is 0 Å². The zero-order chi connectivity index (χ0) is 16.3. The van der Waals surface area contributed by atoms with Gasteiger partial charge in [0.25, 0.3) is 0 Å². The second kappa shape index (κ2) is 10.9. The van der Waals surface area contributed by atoms with Crippen LogP contribution in [0.2, 0.25) is 0 Å². The molecule has 0 bridgehead atoms. The smallest absolute Gasteiger partial charge is 0.0617 e. The number of aliphatic hydroxyl groups is 2. The lowest BCUT2D eigenvalue weighted by Crippen LogP contribution is -2.25. The second-order valence-corrected chi connectivity index (χ2v) is 7.20. The van der Waals surface area contributed by atoms with Gasteiger partial charge in [-0.3, -0.25) is 9.98 Å². The summed E-state index contributed by atoms with van der Waals surface area (Å²) in [5.41, 5.74) is 0. The first-order chi connectivity index (χ1) is 11.3. The zero-order valence-corrected chi connectivity index (χ0v) is 14.4. The van der Waals surface area contributed by atoms with Crippen molar-refractivity contribution >= 4 is 12.4 Å². The average Bonchev–Trinajstić information content (AvgIpc) is 2.56. The van der Waals surface area contributed by atoms with E-state index in [1.807, 2.05) is 12.4 Å². The lowest BCUT2D eigenvalue weighted by atomic mass is 9.87. The van der Waals surface area contributed by atoms with Crippen molar-refractivity contribution in [3.8, 4) is 0 Å². The zero-order valence-electron chi connectivity index (χ0n) is 14.4. The molecule has 0 amide bonds.